The molecule has 55 heavy (non-hydrogen) atoms. The summed E-state index contributed by atoms with van der Waals surface area (Å²) in [6.45, 7) is 0. The van der Waals surface area contributed by atoms with Gasteiger partial charge in [0, 0.05) is 54.8 Å². The molecule has 12 rings (SSSR count). The second-order valence-corrected chi connectivity index (χ2v) is 14.5. The van der Waals surface area contributed by atoms with Crippen LogP contribution in [0.15, 0.2) is 200 Å². The van der Waals surface area contributed by atoms with Crippen LogP contribution in [0, 0.1) is 0 Å². The van der Waals surface area contributed by atoms with Crippen molar-refractivity contribution in [2.75, 3.05) is 0 Å². The third-order valence-electron chi connectivity index (χ3n) is 11.6. The number of fused-ring (bicyclic) bond motifs is 11. The maximum atomic E-state index is 2.49. The van der Waals surface area contributed by atoms with Crippen molar-refractivity contribution in [3.8, 4) is 28.2 Å². The molecule has 0 fully saturated rings. The van der Waals surface area contributed by atoms with Crippen molar-refractivity contribution in [2.24, 2.45) is 0 Å². The normalized spacial score (nSPS) is 12.0. The molecule has 0 aliphatic heterocycles. The molecule has 0 bridgehead atoms. The van der Waals surface area contributed by atoms with Crippen molar-refractivity contribution in [3.63, 3.8) is 0 Å². The van der Waals surface area contributed by atoms with Crippen molar-refractivity contribution in [1.82, 2.24) is 13.7 Å². The van der Waals surface area contributed by atoms with Crippen LogP contribution in [0.3, 0.4) is 0 Å². The maximum Gasteiger partial charge on any atom is 0.0625 e. The minimum Gasteiger partial charge on any atom is -0.309 e. The van der Waals surface area contributed by atoms with Gasteiger partial charge >= 0.3 is 0 Å². The Hall–Kier alpha value is -7.36. The lowest BCUT2D eigenvalue weighted by Gasteiger charge is -2.15. The fraction of sp³-hybridized carbons (Fsp3) is 0. The Bertz CT molecular complexity index is 3380. The van der Waals surface area contributed by atoms with Crippen LogP contribution in [-0.2, 0) is 0 Å². The Morgan fingerprint density at radius 2 is 0.691 bits per heavy atom. The van der Waals surface area contributed by atoms with Gasteiger partial charge < -0.3 is 13.7 Å². The lowest BCUT2D eigenvalue weighted by Crippen LogP contribution is -1.99. The predicted molar refractivity (Wildman–Crippen MR) is 232 cm³/mol. The summed E-state index contributed by atoms with van der Waals surface area (Å²) in [5, 5.41) is 10.0. The summed E-state index contributed by atoms with van der Waals surface area (Å²) in [4.78, 5) is 0. The molecule has 0 saturated heterocycles. The SMILES string of the molecule is c1cc(-n2c3ccccc3c3ccccc32)cc(-n2c3ccccc3c3c(-c4ccc(-n5c6ccccc6c6ccccc65)cc4)cc4ccccc4c32)c1. The first-order valence-corrected chi connectivity index (χ1v) is 18.9. The van der Waals surface area contributed by atoms with Crippen LogP contribution in [0.4, 0.5) is 0 Å². The first kappa shape index (κ1) is 30.1. The lowest BCUT2D eigenvalue weighted by atomic mass is 9.95. The van der Waals surface area contributed by atoms with Gasteiger partial charge in [-0.2, -0.15) is 0 Å². The molecule has 3 heterocycles. The Morgan fingerprint density at radius 1 is 0.273 bits per heavy atom. The van der Waals surface area contributed by atoms with E-state index in [1.54, 1.807) is 0 Å². The van der Waals surface area contributed by atoms with E-state index < -0.39 is 0 Å². The predicted octanol–water partition coefficient (Wildman–Crippen LogP) is 13.8. The molecule has 0 saturated carbocycles. The average Bonchev–Trinajstić information content (AvgIpc) is 3.90. The summed E-state index contributed by atoms with van der Waals surface area (Å²) in [5.74, 6) is 0. The molecule has 3 aromatic heterocycles. The largest absolute Gasteiger partial charge is 0.309 e. The van der Waals surface area contributed by atoms with E-state index in [0.717, 1.165) is 17.1 Å². The van der Waals surface area contributed by atoms with E-state index >= 15 is 0 Å². The summed E-state index contributed by atoms with van der Waals surface area (Å²) in [7, 11) is 0. The summed E-state index contributed by atoms with van der Waals surface area (Å²) in [6, 6.07) is 73.2. The topological polar surface area (TPSA) is 14.8 Å². The van der Waals surface area contributed by atoms with Gasteiger partial charge in [-0.05, 0) is 83.2 Å². The van der Waals surface area contributed by atoms with Gasteiger partial charge in [-0.25, -0.2) is 0 Å². The van der Waals surface area contributed by atoms with E-state index in [4.69, 9.17) is 0 Å². The van der Waals surface area contributed by atoms with Crippen LogP contribution in [0.2, 0.25) is 0 Å². The van der Waals surface area contributed by atoms with E-state index in [-0.39, 0.29) is 0 Å². The van der Waals surface area contributed by atoms with Crippen LogP contribution in [0.5, 0.6) is 0 Å². The summed E-state index contributed by atoms with van der Waals surface area (Å²) < 4.78 is 7.28. The molecular weight excluding hydrogens is 667 g/mol. The Balaban J connectivity index is 1.10. The van der Waals surface area contributed by atoms with E-state index in [1.165, 1.54) is 87.3 Å². The van der Waals surface area contributed by atoms with Crippen molar-refractivity contribution < 1.29 is 0 Å². The molecule has 0 N–H and O–H groups in total. The highest BCUT2D eigenvalue weighted by atomic mass is 15.0. The second-order valence-electron chi connectivity index (χ2n) is 14.5. The molecule has 0 unspecified atom stereocenters. The van der Waals surface area contributed by atoms with Crippen LogP contribution in [0.25, 0.3) is 104 Å². The van der Waals surface area contributed by atoms with Crippen molar-refractivity contribution >= 4 is 76.2 Å². The summed E-state index contributed by atoms with van der Waals surface area (Å²) in [5.41, 5.74) is 13.1. The molecule has 3 nitrogen and oxygen atoms in total. The highest BCUT2D eigenvalue weighted by molar-refractivity contribution is 6.24. The number of nitrogens with zero attached hydrogens (tertiary/aromatic N) is 3. The summed E-state index contributed by atoms with van der Waals surface area (Å²) >= 11 is 0. The Morgan fingerprint density at radius 3 is 1.24 bits per heavy atom. The van der Waals surface area contributed by atoms with Crippen molar-refractivity contribution in [2.45, 2.75) is 0 Å². The maximum absolute atomic E-state index is 2.49. The number of benzene rings is 9. The Kier molecular flexibility index (Phi) is 6.34. The fourth-order valence-electron chi connectivity index (χ4n) is 9.29. The van der Waals surface area contributed by atoms with Gasteiger partial charge in [-0.1, -0.05) is 133 Å². The van der Waals surface area contributed by atoms with E-state index in [0.29, 0.717) is 0 Å². The van der Waals surface area contributed by atoms with Crippen molar-refractivity contribution in [1.29, 1.82) is 0 Å². The average molecular weight is 700 g/mol. The molecule has 0 spiro atoms. The van der Waals surface area contributed by atoms with Crippen LogP contribution in [0.1, 0.15) is 0 Å². The van der Waals surface area contributed by atoms with Gasteiger partial charge in [0.05, 0.1) is 33.1 Å². The highest BCUT2D eigenvalue weighted by Crippen LogP contribution is 2.44. The minimum atomic E-state index is 1.13. The molecule has 3 heteroatoms. The number of aromatic nitrogens is 3. The molecule has 0 aliphatic carbocycles. The first-order chi connectivity index (χ1) is 27.3. The van der Waals surface area contributed by atoms with Crippen LogP contribution < -0.4 is 0 Å². The van der Waals surface area contributed by atoms with E-state index in [2.05, 4.69) is 214 Å². The van der Waals surface area contributed by atoms with Gasteiger partial charge in [-0.3, -0.25) is 0 Å². The number of para-hydroxylation sites is 5. The molecule has 0 amide bonds. The third kappa shape index (κ3) is 4.32. The van der Waals surface area contributed by atoms with Gasteiger partial charge in [0.15, 0.2) is 0 Å². The monoisotopic (exact) mass is 699 g/mol. The molecular formula is C52H33N3. The highest BCUT2D eigenvalue weighted by Gasteiger charge is 2.21. The number of hydrogen-bond acceptors (Lipinski definition) is 0. The molecule has 0 aliphatic rings. The standard InChI is InChI=1S/C52H33N3/c1-2-17-39-35(14-1)32-45(34-28-30-36(31-29-34)53-46-23-8-3-18-40(46)41-19-4-9-24-47(41)53)51-44-22-7-12-27-50(44)55(52(39)51)38-16-13-15-37(33-38)54-48-25-10-5-20-42(48)43-21-6-11-26-49(43)54/h1-33H. The third-order valence-corrected chi connectivity index (χ3v) is 11.6. The number of rotatable bonds is 4. The molecule has 9 aromatic carbocycles. The zero-order valence-corrected chi connectivity index (χ0v) is 29.9. The molecule has 0 atom stereocenters. The fourth-order valence-corrected chi connectivity index (χ4v) is 9.29. The van der Waals surface area contributed by atoms with Crippen LogP contribution in [-0.4, -0.2) is 13.7 Å². The van der Waals surface area contributed by atoms with Crippen molar-refractivity contribution in [3.05, 3.63) is 200 Å². The lowest BCUT2D eigenvalue weighted by molar-refractivity contribution is 1.14. The van der Waals surface area contributed by atoms with Gasteiger partial charge in [0.2, 0.25) is 0 Å². The van der Waals surface area contributed by atoms with E-state index in [1.807, 2.05) is 0 Å². The smallest absolute Gasteiger partial charge is 0.0625 e. The molecule has 0 radical (unpaired) electrons. The molecule has 12 aromatic rings. The van der Waals surface area contributed by atoms with Gasteiger partial charge in [0.1, 0.15) is 0 Å². The minimum absolute atomic E-state index is 1.13. The number of hydrogen-bond donors (Lipinski definition) is 0. The van der Waals surface area contributed by atoms with Crippen LogP contribution >= 0.6 is 0 Å². The second kappa shape index (κ2) is 11.6. The first-order valence-electron chi connectivity index (χ1n) is 18.9. The molecule has 256 valence electrons. The summed E-state index contributed by atoms with van der Waals surface area (Å²) in [6.07, 6.45) is 0. The van der Waals surface area contributed by atoms with E-state index in [9.17, 15) is 0 Å². The quantitative estimate of drug-likeness (QED) is 0.174. The zero-order chi connectivity index (χ0) is 36.0. The zero-order valence-electron chi connectivity index (χ0n) is 29.9. The van der Waals surface area contributed by atoms with Gasteiger partial charge in [-0.15, -0.1) is 0 Å². The van der Waals surface area contributed by atoms with Gasteiger partial charge in [0.25, 0.3) is 0 Å². The Labute approximate surface area is 317 Å².